The van der Waals surface area contributed by atoms with Gasteiger partial charge >= 0.3 is 6.18 Å². The molecule has 1 unspecified atom stereocenters. The van der Waals surface area contributed by atoms with E-state index in [9.17, 15) is 13.2 Å². The highest BCUT2D eigenvalue weighted by Gasteiger charge is 2.29. The molecule has 0 bridgehead atoms. The molecule has 1 rings (SSSR count). The van der Waals surface area contributed by atoms with Crippen molar-refractivity contribution in [3.63, 3.8) is 0 Å². The van der Waals surface area contributed by atoms with Crippen molar-refractivity contribution in [3.05, 3.63) is 29.8 Å². The van der Waals surface area contributed by atoms with Gasteiger partial charge in [0.15, 0.2) is 0 Å². The summed E-state index contributed by atoms with van der Waals surface area (Å²) >= 11 is 0. The minimum atomic E-state index is -4.18. The number of halogens is 3. The van der Waals surface area contributed by atoms with Crippen LogP contribution >= 0.6 is 0 Å². The zero-order chi connectivity index (χ0) is 13.8. The van der Waals surface area contributed by atoms with Gasteiger partial charge in [-0.05, 0) is 30.5 Å². The van der Waals surface area contributed by atoms with E-state index < -0.39 is 12.7 Å². The molecule has 1 aromatic carbocycles. The highest BCUT2D eigenvalue weighted by molar-refractivity contribution is 5.47. The summed E-state index contributed by atoms with van der Waals surface area (Å²) in [5, 5.41) is 0. The second-order valence-electron chi connectivity index (χ2n) is 4.51. The Bertz CT molecular complexity index is 359. The summed E-state index contributed by atoms with van der Waals surface area (Å²) in [5.74, 6) is 0. The molecule has 0 aromatic heterocycles. The highest BCUT2D eigenvalue weighted by atomic mass is 19.4. The largest absolute Gasteiger partial charge is 0.405 e. The van der Waals surface area contributed by atoms with Gasteiger partial charge in [0.25, 0.3) is 0 Å². The third-order valence-electron chi connectivity index (χ3n) is 2.82. The van der Waals surface area contributed by atoms with E-state index >= 15 is 0 Å². The van der Waals surface area contributed by atoms with Crippen molar-refractivity contribution in [3.8, 4) is 0 Å². The fourth-order valence-electron chi connectivity index (χ4n) is 1.69. The number of benzene rings is 1. The highest BCUT2D eigenvalue weighted by Crippen LogP contribution is 2.21. The summed E-state index contributed by atoms with van der Waals surface area (Å²) in [7, 11) is 1.43. The molecule has 0 spiro atoms. The lowest BCUT2D eigenvalue weighted by Crippen LogP contribution is -2.30. The molecule has 0 saturated carbocycles. The van der Waals surface area contributed by atoms with Gasteiger partial charge in [-0.3, -0.25) is 0 Å². The molecule has 2 N–H and O–H groups in total. The summed E-state index contributed by atoms with van der Waals surface area (Å²) in [4.78, 5) is 1.18. The summed E-state index contributed by atoms with van der Waals surface area (Å²) in [6.45, 7) is 1.07. The Morgan fingerprint density at radius 2 is 1.78 bits per heavy atom. The van der Waals surface area contributed by atoms with Gasteiger partial charge in [0.05, 0.1) is 0 Å². The lowest BCUT2D eigenvalue weighted by Gasteiger charge is -2.21. The number of rotatable bonds is 5. The fourth-order valence-corrected chi connectivity index (χ4v) is 1.69. The van der Waals surface area contributed by atoms with Crippen molar-refractivity contribution >= 4 is 5.69 Å². The molecular weight excluding hydrogens is 241 g/mol. The molecule has 0 aliphatic rings. The van der Waals surface area contributed by atoms with Crippen molar-refractivity contribution in [2.24, 2.45) is 5.73 Å². The molecule has 18 heavy (non-hydrogen) atoms. The van der Waals surface area contributed by atoms with E-state index in [0.29, 0.717) is 5.69 Å². The first kappa shape index (κ1) is 14.8. The quantitative estimate of drug-likeness (QED) is 0.882. The van der Waals surface area contributed by atoms with Gasteiger partial charge in [0.2, 0.25) is 0 Å². The topological polar surface area (TPSA) is 29.3 Å². The third kappa shape index (κ3) is 4.96. The molecule has 1 atom stereocenters. The van der Waals surface area contributed by atoms with E-state index in [2.05, 4.69) is 0 Å². The first-order valence-electron chi connectivity index (χ1n) is 5.94. The van der Waals surface area contributed by atoms with Crippen molar-refractivity contribution < 1.29 is 13.2 Å². The molecule has 0 radical (unpaired) electrons. The van der Waals surface area contributed by atoms with E-state index in [-0.39, 0.29) is 6.04 Å². The van der Waals surface area contributed by atoms with Crippen LogP contribution in [0.3, 0.4) is 0 Å². The van der Waals surface area contributed by atoms with Gasteiger partial charge in [-0.2, -0.15) is 13.2 Å². The maximum Gasteiger partial charge on any atom is 0.405 e. The second-order valence-corrected chi connectivity index (χ2v) is 4.51. The first-order chi connectivity index (χ1) is 8.31. The number of anilines is 1. The number of nitrogens with zero attached hydrogens (tertiary/aromatic N) is 1. The standard InChI is InChI=1S/C13H19F3N2/c1-3-11(17)8-10-4-6-12(7-5-10)18(2)9-13(14,15)16/h4-7,11H,3,8-9,17H2,1-2H3. The average Bonchev–Trinajstić information content (AvgIpc) is 2.27. The smallest absolute Gasteiger partial charge is 0.366 e. The zero-order valence-corrected chi connectivity index (χ0v) is 10.7. The van der Waals surface area contributed by atoms with Crippen molar-refractivity contribution in [1.29, 1.82) is 0 Å². The van der Waals surface area contributed by atoms with E-state index in [1.54, 1.807) is 12.1 Å². The van der Waals surface area contributed by atoms with Gasteiger partial charge in [-0.25, -0.2) is 0 Å². The van der Waals surface area contributed by atoms with Crippen LogP contribution in [-0.2, 0) is 6.42 Å². The second kappa shape index (κ2) is 6.09. The maximum atomic E-state index is 12.2. The molecule has 0 heterocycles. The van der Waals surface area contributed by atoms with Crippen molar-refractivity contribution in [2.75, 3.05) is 18.5 Å². The Kier molecular flexibility index (Phi) is 5.02. The first-order valence-corrected chi connectivity index (χ1v) is 5.94. The molecule has 0 fully saturated rings. The summed E-state index contributed by atoms with van der Waals surface area (Å²) in [6.07, 6.45) is -2.55. The summed E-state index contributed by atoms with van der Waals surface area (Å²) < 4.78 is 36.7. The van der Waals surface area contributed by atoms with E-state index in [1.165, 1.54) is 11.9 Å². The van der Waals surface area contributed by atoms with Crippen LogP contribution in [0.5, 0.6) is 0 Å². The SMILES string of the molecule is CCC(N)Cc1ccc(N(C)CC(F)(F)F)cc1. The molecule has 1 aromatic rings. The van der Waals surface area contributed by atoms with Crippen LogP contribution in [0.15, 0.2) is 24.3 Å². The minimum absolute atomic E-state index is 0.101. The normalized spacial score (nSPS) is 13.4. The van der Waals surface area contributed by atoms with Crippen molar-refractivity contribution in [2.45, 2.75) is 32.0 Å². The average molecular weight is 260 g/mol. The Labute approximate surface area is 106 Å². The van der Waals surface area contributed by atoms with Crippen molar-refractivity contribution in [1.82, 2.24) is 0 Å². The molecule has 0 aliphatic carbocycles. The molecule has 102 valence electrons. The van der Waals surface area contributed by atoms with E-state index in [0.717, 1.165) is 18.4 Å². The monoisotopic (exact) mass is 260 g/mol. The minimum Gasteiger partial charge on any atom is -0.366 e. The summed E-state index contributed by atoms with van der Waals surface area (Å²) in [5.41, 5.74) is 7.43. The van der Waals surface area contributed by atoms with Crippen LogP contribution in [0.4, 0.5) is 18.9 Å². The molecule has 0 saturated heterocycles. The Hall–Kier alpha value is -1.23. The predicted octanol–water partition coefficient (Wildman–Crippen LogP) is 2.96. The third-order valence-corrected chi connectivity index (χ3v) is 2.82. The van der Waals surface area contributed by atoms with Gasteiger partial charge in [-0.1, -0.05) is 19.1 Å². The van der Waals surface area contributed by atoms with Crippen LogP contribution in [-0.4, -0.2) is 25.8 Å². The van der Waals surface area contributed by atoms with Gasteiger partial charge < -0.3 is 10.6 Å². The van der Waals surface area contributed by atoms with Crippen LogP contribution < -0.4 is 10.6 Å². The van der Waals surface area contributed by atoms with Crippen LogP contribution in [0.25, 0.3) is 0 Å². The van der Waals surface area contributed by atoms with Crippen LogP contribution in [0.2, 0.25) is 0 Å². The number of hydrogen-bond donors (Lipinski definition) is 1. The predicted molar refractivity (Wildman–Crippen MR) is 67.7 cm³/mol. The fraction of sp³-hybridized carbons (Fsp3) is 0.538. The van der Waals surface area contributed by atoms with E-state index in [4.69, 9.17) is 5.73 Å². The Morgan fingerprint density at radius 1 is 1.22 bits per heavy atom. The Morgan fingerprint density at radius 3 is 2.22 bits per heavy atom. The zero-order valence-electron chi connectivity index (χ0n) is 10.7. The lowest BCUT2D eigenvalue weighted by molar-refractivity contribution is -0.119. The van der Waals surface area contributed by atoms with Gasteiger partial charge in [0, 0.05) is 18.8 Å². The lowest BCUT2D eigenvalue weighted by atomic mass is 10.0. The van der Waals surface area contributed by atoms with Gasteiger partial charge in [-0.15, -0.1) is 0 Å². The number of alkyl halides is 3. The van der Waals surface area contributed by atoms with E-state index in [1.807, 2.05) is 19.1 Å². The number of nitrogens with two attached hydrogens (primary N) is 1. The molecular formula is C13H19F3N2. The Balaban J connectivity index is 2.65. The molecule has 2 nitrogen and oxygen atoms in total. The van der Waals surface area contributed by atoms with Gasteiger partial charge in [0.1, 0.15) is 6.54 Å². The maximum absolute atomic E-state index is 12.2. The molecule has 0 aliphatic heterocycles. The number of hydrogen-bond acceptors (Lipinski definition) is 2. The molecule has 0 amide bonds. The summed E-state index contributed by atoms with van der Waals surface area (Å²) in [6, 6.07) is 7.16. The van der Waals surface area contributed by atoms with Crippen LogP contribution in [0.1, 0.15) is 18.9 Å². The van der Waals surface area contributed by atoms with Crippen LogP contribution in [0, 0.1) is 0 Å². The molecule has 5 heteroatoms.